The van der Waals surface area contributed by atoms with Crippen LogP contribution >= 0.6 is 0 Å². The summed E-state index contributed by atoms with van der Waals surface area (Å²) < 4.78 is 19.9. The van der Waals surface area contributed by atoms with Gasteiger partial charge in [0.05, 0.1) is 30.8 Å². The second-order valence-corrected chi connectivity index (χ2v) is 8.60. The second kappa shape index (κ2) is 15.8. The summed E-state index contributed by atoms with van der Waals surface area (Å²) in [4.78, 5) is 25.3. The standard InChI is InChI=1S/C31H37N3O6/c1-5-33(6-2)27-15-9-24(10-16-27)21-32-34(28-17-11-25(12-18-28)22-39-30(35)37-7-3)29-19-13-26(14-20-29)23-40-31(36)38-8-4/h9-21H,5-8,22-23H2,1-4H3. The summed E-state index contributed by atoms with van der Waals surface area (Å²) in [7, 11) is 0. The van der Waals surface area contributed by atoms with Crippen molar-refractivity contribution in [2.75, 3.05) is 36.2 Å². The Bertz CT molecular complexity index is 1160. The molecule has 0 aliphatic heterocycles. The molecule has 0 unspecified atom stereocenters. The van der Waals surface area contributed by atoms with Crippen molar-refractivity contribution >= 4 is 35.6 Å². The lowest BCUT2D eigenvalue weighted by Crippen LogP contribution is -2.21. The zero-order chi connectivity index (χ0) is 28.7. The third kappa shape index (κ3) is 9.04. The Kier molecular flexibility index (Phi) is 11.8. The minimum Gasteiger partial charge on any atom is -0.435 e. The van der Waals surface area contributed by atoms with Crippen molar-refractivity contribution in [3.63, 3.8) is 0 Å². The molecule has 9 nitrogen and oxygen atoms in total. The number of carbonyl (C=O) groups excluding carboxylic acids is 2. The lowest BCUT2D eigenvalue weighted by molar-refractivity contribution is 0.0527. The first-order chi connectivity index (χ1) is 19.5. The van der Waals surface area contributed by atoms with E-state index < -0.39 is 12.3 Å². The van der Waals surface area contributed by atoms with Crippen LogP contribution < -0.4 is 9.91 Å². The molecule has 3 aromatic rings. The van der Waals surface area contributed by atoms with Crippen LogP contribution in [0.15, 0.2) is 77.9 Å². The molecule has 212 valence electrons. The number of nitrogens with zero attached hydrogens (tertiary/aromatic N) is 3. The lowest BCUT2D eigenvalue weighted by Gasteiger charge is -2.21. The Balaban J connectivity index is 1.81. The molecule has 0 bridgehead atoms. The summed E-state index contributed by atoms with van der Waals surface area (Å²) in [6, 6.07) is 23.4. The van der Waals surface area contributed by atoms with Crippen LogP contribution in [0, 0.1) is 0 Å². The van der Waals surface area contributed by atoms with Crippen LogP contribution in [0.1, 0.15) is 44.4 Å². The van der Waals surface area contributed by atoms with E-state index in [2.05, 4.69) is 30.9 Å². The predicted octanol–water partition coefficient (Wildman–Crippen LogP) is 7.05. The molecule has 3 rings (SSSR count). The van der Waals surface area contributed by atoms with Gasteiger partial charge in [-0.25, -0.2) is 14.6 Å². The Morgan fingerprint density at radius 3 is 1.45 bits per heavy atom. The number of hydrogen-bond acceptors (Lipinski definition) is 9. The highest BCUT2D eigenvalue weighted by Gasteiger charge is 2.11. The van der Waals surface area contributed by atoms with Gasteiger partial charge in [0.1, 0.15) is 13.2 Å². The van der Waals surface area contributed by atoms with Gasteiger partial charge >= 0.3 is 12.3 Å². The summed E-state index contributed by atoms with van der Waals surface area (Å²) in [5, 5.41) is 6.60. The zero-order valence-corrected chi connectivity index (χ0v) is 23.5. The molecule has 0 aliphatic carbocycles. The second-order valence-electron chi connectivity index (χ2n) is 8.60. The predicted molar refractivity (Wildman–Crippen MR) is 156 cm³/mol. The van der Waals surface area contributed by atoms with Crippen molar-refractivity contribution < 1.29 is 28.5 Å². The number of hydrazone groups is 1. The molecule has 0 saturated heterocycles. The van der Waals surface area contributed by atoms with E-state index in [1.807, 2.05) is 71.9 Å². The molecule has 9 heteroatoms. The Hall–Kier alpha value is -4.53. The van der Waals surface area contributed by atoms with Gasteiger partial charge in [-0.05, 0) is 80.8 Å². The molecular formula is C31H37N3O6. The summed E-state index contributed by atoms with van der Waals surface area (Å²) in [6.07, 6.45) is 0.412. The topological polar surface area (TPSA) is 89.9 Å². The number of anilines is 3. The van der Waals surface area contributed by atoms with Crippen molar-refractivity contribution in [1.29, 1.82) is 0 Å². The Labute approximate surface area is 235 Å². The van der Waals surface area contributed by atoms with Gasteiger partial charge < -0.3 is 23.8 Å². The van der Waals surface area contributed by atoms with Crippen molar-refractivity contribution in [3.05, 3.63) is 89.5 Å². The van der Waals surface area contributed by atoms with Gasteiger partial charge in [-0.2, -0.15) is 5.10 Å². The summed E-state index contributed by atoms with van der Waals surface area (Å²) >= 11 is 0. The van der Waals surface area contributed by atoms with Crippen LogP contribution in [-0.4, -0.2) is 44.8 Å². The normalized spacial score (nSPS) is 10.7. The number of ether oxygens (including phenoxy) is 4. The van der Waals surface area contributed by atoms with E-state index in [1.54, 1.807) is 13.8 Å². The zero-order valence-electron chi connectivity index (χ0n) is 23.5. The third-order valence-corrected chi connectivity index (χ3v) is 5.94. The van der Waals surface area contributed by atoms with Gasteiger partial charge in [-0.15, -0.1) is 0 Å². The van der Waals surface area contributed by atoms with Crippen molar-refractivity contribution in [2.24, 2.45) is 5.10 Å². The first-order valence-electron chi connectivity index (χ1n) is 13.4. The van der Waals surface area contributed by atoms with E-state index >= 15 is 0 Å². The molecule has 0 amide bonds. The molecule has 0 aliphatic rings. The highest BCUT2D eigenvalue weighted by atomic mass is 16.7. The first-order valence-corrected chi connectivity index (χ1v) is 13.4. The van der Waals surface area contributed by atoms with Crippen LogP contribution in [-0.2, 0) is 32.2 Å². The van der Waals surface area contributed by atoms with Crippen LogP contribution in [0.5, 0.6) is 0 Å². The summed E-state index contributed by atoms with van der Waals surface area (Å²) in [6.45, 7) is 10.4. The average molecular weight is 548 g/mol. The number of hydrogen-bond donors (Lipinski definition) is 0. The monoisotopic (exact) mass is 547 g/mol. The summed E-state index contributed by atoms with van der Waals surface area (Å²) in [5.74, 6) is 0. The van der Waals surface area contributed by atoms with Crippen molar-refractivity contribution in [2.45, 2.75) is 40.9 Å². The minimum atomic E-state index is -0.697. The maximum absolute atomic E-state index is 11.5. The third-order valence-electron chi connectivity index (χ3n) is 5.94. The van der Waals surface area contributed by atoms with Crippen LogP contribution in [0.25, 0.3) is 0 Å². The van der Waals surface area contributed by atoms with E-state index in [4.69, 9.17) is 24.0 Å². The molecule has 0 saturated carbocycles. The molecule has 0 fully saturated rings. The molecule has 0 heterocycles. The van der Waals surface area contributed by atoms with E-state index in [9.17, 15) is 9.59 Å². The highest BCUT2D eigenvalue weighted by Crippen LogP contribution is 2.27. The SMILES string of the molecule is CCOC(=O)OCc1ccc(N(N=Cc2ccc(N(CC)CC)cc2)c2ccc(COC(=O)OCC)cc2)cc1. The van der Waals surface area contributed by atoms with Crippen LogP contribution in [0.2, 0.25) is 0 Å². The first kappa shape index (κ1) is 30.0. The molecule has 40 heavy (non-hydrogen) atoms. The van der Waals surface area contributed by atoms with E-state index in [-0.39, 0.29) is 26.4 Å². The fraction of sp³-hybridized carbons (Fsp3) is 0.323. The number of carbonyl (C=O) groups is 2. The quantitative estimate of drug-likeness (QED) is 0.128. The van der Waals surface area contributed by atoms with E-state index in [0.29, 0.717) is 0 Å². The maximum atomic E-state index is 11.5. The fourth-order valence-electron chi connectivity index (χ4n) is 3.84. The van der Waals surface area contributed by atoms with E-state index in [1.165, 1.54) is 5.69 Å². The van der Waals surface area contributed by atoms with Gasteiger partial charge in [-0.3, -0.25) is 0 Å². The van der Waals surface area contributed by atoms with Gasteiger partial charge in [0.2, 0.25) is 0 Å². The van der Waals surface area contributed by atoms with Crippen LogP contribution in [0.4, 0.5) is 26.7 Å². The number of rotatable bonds is 13. The Morgan fingerprint density at radius 1 is 0.625 bits per heavy atom. The molecule has 0 spiro atoms. The van der Waals surface area contributed by atoms with Gasteiger partial charge in [0, 0.05) is 18.8 Å². The fourth-order valence-corrected chi connectivity index (χ4v) is 3.84. The smallest absolute Gasteiger partial charge is 0.435 e. The van der Waals surface area contributed by atoms with E-state index in [0.717, 1.165) is 41.2 Å². The van der Waals surface area contributed by atoms with Crippen molar-refractivity contribution in [3.8, 4) is 0 Å². The minimum absolute atomic E-state index is 0.108. The molecule has 0 aromatic heterocycles. The molecular weight excluding hydrogens is 510 g/mol. The largest absolute Gasteiger partial charge is 0.508 e. The average Bonchev–Trinajstić information content (AvgIpc) is 2.98. The molecule has 0 N–H and O–H groups in total. The number of benzene rings is 3. The highest BCUT2D eigenvalue weighted by molar-refractivity contribution is 5.82. The van der Waals surface area contributed by atoms with Crippen molar-refractivity contribution in [1.82, 2.24) is 0 Å². The van der Waals surface area contributed by atoms with Gasteiger partial charge in [0.15, 0.2) is 0 Å². The molecule has 0 atom stereocenters. The Morgan fingerprint density at radius 2 is 1.05 bits per heavy atom. The summed E-state index contributed by atoms with van der Waals surface area (Å²) in [5.41, 5.74) is 5.39. The maximum Gasteiger partial charge on any atom is 0.508 e. The lowest BCUT2D eigenvalue weighted by atomic mass is 10.2. The van der Waals surface area contributed by atoms with Gasteiger partial charge in [-0.1, -0.05) is 36.4 Å². The van der Waals surface area contributed by atoms with Gasteiger partial charge in [0.25, 0.3) is 0 Å². The molecule has 0 radical (unpaired) electrons. The van der Waals surface area contributed by atoms with Crippen LogP contribution in [0.3, 0.4) is 0 Å². The molecule has 3 aromatic carbocycles.